The van der Waals surface area contributed by atoms with Crippen LogP contribution < -0.4 is 10.1 Å². The van der Waals surface area contributed by atoms with Crippen LogP contribution in [0.5, 0.6) is 5.75 Å². The molecule has 0 aliphatic carbocycles. The smallest absolute Gasteiger partial charge is 0.173 e. The lowest BCUT2D eigenvalue weighted by molar-refractivity contribution is 0.415. The van der Waals surface area contributed by atoms with Crippen LogP contribution in [0.15, 0.2) is 53.4 Å². The van der Waals surface area contributed by atoms with E-state index in [0.29, 0.717) is 5.11 Å². The summed E-state index contributed by atoms with van der Waals surface area (Å²) in [7, 11) is 3.64. The molecule has 0 aromatic heterocycles. The number of thiocarbonyl (C=S) groups is 1. The average Bonchev–Trinajstić information content (AvgIpc) is 2.56. The molecular weight excluding hydrogens is 312 g/mol. The Bertz CT molecular complexity index is 612. The third-order valence-electron chi connectivity index (χ3n) is 3.27. The van der Waals surface area contributed by atoms with Gasteiger partial charge in [0.2, 0.25) is 0 Å². The first-order valence-electron chi connectivity index (χ1n) is 6.91. The largest absolute Gasteiger partial charge is 0.497 e. The lowest BCUT2D eigenvalue weighted by Crippen LogP contribution is -2.30. The minimum atomic E-state index is 0.694. The lowest BCUT2D eigenvalue weighted by Gasteiger charge is -2.21. The summed E-state index contributed by atoms with van der Waals surface area (Å²) in [6, 6.07) is 16.3. The number of hydrogen-bond acceptors (Lipinski definition) is 3. The molecule has 5 heteroatoms. The van der Waals surface area contributed by atoms with Gasteiger partial charge in [0.15, 0.2) is 5.11 Å². The molecule has 2 aromatic rings. The number of methoxy groups -OCH3 is 1. The predicted molar refractivity (Wildman–Crippen MR) is 98.9 cm³/mol. The van der Waals surface area contributed by atoms with Gasteiger partial charge in [-0.05, 0) is 60.4 Å². The van der Waals surface area contributed by atoms with Gasteiger partial charge in [-0.1, -0.05) is 12.1 Å². The SMILES string of the molecule is COc1ccc(NC(=S)N(C)Cc2ccc(SC)cc2)cc1. The molecule has 1 N–H and O–H groups in total. The number of anilines is 1. The molecule has 0 heterocycles. The molecule has 0 fully saturated rings. The van der Waals surface area contributed by atoms with Gasteiger partial charge < -0.3 is 15.0 Å². The number of nitrogens with one attached hydrogen (secondary N) is 1. The highest BCUT2D eigenvalue weighted by Crippen LogP contribution is 2.17. The summed E-state index contributed by atoms with van der Waals surface area (Å²) in [4.78, 5) is 3.29. The zero-order valence-corrected chi connectivity index (χ0v) is 14.6. The van der Waals surface area contributed by atoms with Crippen molar-refractivity contribution >= 4 is 34.8 Å². The van der Waals surface area contributed by atoms with E-state index in [1.807, 2.05) is 36.2 Å². The first kappa shape index (κ1) is 16.6. The lowest BCUT2D eigenvalue weighted by atomic mass is 10.2. The topological polar surface area (TPSA) is 24.5 Å². The van der Waals surface area contributed by atoms with Crippen molar-refractivity contribution in [1.82, 2.24) is 4.90 Å². The fourth-order valence-corrected chi connectivity index (χ4v) is 2.56. The highest BCUT2D eigenvalue weighted by molar-refractivity contribution is 7.98. The van der Waals surface area contributed by atoms with Crippen molar-refractivity contribution in [1.29, 1.82) is 0 Å². The standard InChI is InChI=1S/C17H20N2OS2/c1-19(12-13-4-10-16(22-3)11-5-13)17(21)18-14-6-8-15(20-2)9-7-14/h4-11H,12H2,1-3H3,(H,18,21). The minimum absolute atomic E-state index is 0.694. The van der Waals surface area contributed by atoms with E-state index in [-0.39, 0.29) is 0 Å². The molecule has 0 aliphatic heterocycles. The van der Waals surface area contributed by atoms with Crippen molar-refractivity contribution in [3.8, 4) is 5.75 Å². The Hall–Kier alpha value is -1.72. The van der Waals surface area contributed by atoms with Crippen molar-refractivity contribution in [3.63, 3.8) is 0 Å². The predicted octanol–water partition coefficient (Wildman–Crippen LogP) is 4.25. The van der Waals surface area contributed by atoms with E-state index >= 15 is 0 Å². The number of ether oxygens (including phenoxy) is 1. The van der Waals surface area contributed by atoms with Gasteiger partial charge in [-0.3, -0.25) is 0 Å². The number of hydrogen-bond donors (Lipinski definition) is 1. The second-order valence-corrected chi connectivity index (χ2v) is 6.13. The van der Waals surface area contributed by atoms with Crippen LogP contribution in [-0.4, -0.2) is 30.4 Å². The molecule has 0 radical (unpaired) electrons. The Morgan fingerprint density at radius 2 is 1.77 bits per heavy atom. The van der Waals surface area contributed by atoms with Gasteiger partial charge in [0, 0.05) is 24.2 Å². The molecular formula is C17H20N2OS2. The van der Waals surface area contributed by atoms with Crippen molar-refractivity contribution in [3.05, 3.63) is 54.1 Å². The van der Waals surface area contributed by atoms with Crippen LogP contribution in [0.1, 0.15) is 5.56 Å². The van der Waals surface area contributed by atoms with E-state index in [1.54, 1.807) is 18.9 Å². The maximum Gasteiger partial charge on any atom is 0.173 e. The molecule has 0 saturated heterocycles. The van der Waals surface area contributed by atoms with E-state index in [4.69, 9.17) is 17.0 Å². The first-order chi connectivity index (χ1) is 10.6. The van der Waals surface area contributed by atoms with Gasteiger partial charge in [-0.2, -0.15) is 0 Å². The Labute approximate surface area is 141 Å². The maximum atomic E-state index is 5.45. The molecule has 0 aliphatic rings. The van der Waals surface area contributed by atoms with Crippen LogP contribution in [0.25, 0.3) is 0 Å². The van der Waals surface area contributed by atoms with E-state index in [0.717, 1.165) is 18.0 Å². The summed E-state index contributed by atoms with van der Waals surface area (Å²) in [5, 5.41) is 3.93. The molecule has 0 unspecified atom stereocenters. The van der Waals surface area contributed by atoms with Crippen LogP contribution in [0, 0.1) is 0 Å². The Balaban J connectivity index is 1.92. The summed E-state index contributed by atoms with van der Waals surface area (Å²) >= 11 is 7.19. The van der Waals surface area contributed by atoms with Crippen LogP contribution >= 0.6 is 24.0 Å². The monoisotopic (exact) mass is 332 g/mol. The highest BCUT2D eigenvalue weighted by Gasteiger charge is 2.06. The summed E-state index contributed by atoms with van der Waals surface area (Å²) in [6.45, 7) is 0.774. The average molecular weight is 332 g/mol. The second-order valence-electron chi connectivity index (χ2n) is 4.86. The van der Waals surface area contributed by atoms with Crippen LogP contribution in [0.4, 0.5) is 5.69 Å². The zero-order chi connectivity index (χ0) is 15.9. The van der Waals surface area contributed by atoms with Gasteiger partial charge in [0.05, 0.1) is 7.11 Å². The maximum absolute atomic E-state index is 5.45. The number of nitrogens with zero attached hydrogens (tertiary/aromatic N) is 1. The molecule has 2 rings (SSSR count). The summed E-state index contributed by atoms with van der Waals surface area (Å²) < 4.78 is 5.15. The van der Waals surface area contributed by atoms with Gasteiger partial charge >= 0.3 is 0 Å². The number of rotatable bonds is 5. The molecule has 0 saturated carbocycles. The summed E-state index contributed by atoms with van der Waals surface area (Å²) in [5.74, 6) is 0.832. The minimum Gasteiger partial charge on any atom is -0.497 e. The molecule has 0 atom stereocenters. The first-order valence-corrected chi connectivity index (χ1v) is 8.55. The van der Waals surface area contributed by atoms with Crippen LogP contribution in [-0.2, 0) is 6.54 Å². The van der Waals surface area contributed by atoms with E-state index in [9.17, 15) is 0 Å². The van der Waals surface area contributed by atoms with Gasteiger partial charge in [0.1, 0.15) is 5.75 Å². The van der Waals surface area contributed by atoms with Gasteiger partial charge in [-0.25, -0.2) is 0 Å². The normalized spacial score (nSPS) is 10.1. The van der Waals surface area contributed by atoms with Crippen LogP contribution in [0.3, 0.4) is 0 Å². The van der Waals surface area contributed by atoms with Crippen molar-refractivity contribution in [2.45, 2.75) is 11.4 Å². The molecule has 0 spiro atoms. The molecule has 116 valence electrons. The fraction of sp³-hybridized carbons (Fsp3) is 0.235. The van der Waals surface area contributed by atoms with Crippen molar-refractivity contribution in [2.75, 3.05) is 25.7 Å². The third kappa shape index (κ3) is 4.64. The quantitative estimate of drug-likeness (QED) is 0.652. The zero-order valence-electron chi connectivity index (χ0n) is 13.0. The Morgan fingerprint density at radius 1 is 1.14 bits per heavy atom. The summed E-state index contributed by atoms with van der Waals surface area (Å²) in [6.07, 6.45) is 2.08. The van der Waals surface area contributed by atoms with E-state index in [1.165, 1.54) is 10.5 Å². The molecule has 0 bridgehead atoms. The summed E-state index contributed by atoms with van der Waals surface area (Å²) in [5.41, 5.74) is 2.19. The van der Waals surface area contributed by atoms with Gasteiger partial charge in [0.25, 0.3) is 0 Å². The number of benzene rings is 2. The molecule has 3 nitrogen and oxygen atoms in total. The molecule has 0 amide bonds. The highest BCUT2D eigenvalue weighted by atomic mass is 32.2. The molecule has 2 aromatic carbocycles. The van der Waals surface area contributed by atoms with Crippen LogP contribution in [0.2, 0.25) is 0 Å². The van der Waals surface area contributed by atoms with Crippen molar-refractivity contribution < 1.29 is 4.74 Å². The van der Waals surface area contributed by atoms with E-state index in [2.05, 4.69) is 35.8 Å². The van der Waals surface area contributed by atoms with Gasteiger partial charge in [-0.15, -0.1) is 11.8 Å². The number of thioether (sulfide) groups is 1. The second kappa shape index (κ2) is 8.06. The third-order valence-corrected chi connectivity index (χ3v) is 4.42. The van der Waals surface area contributed by atoms with Crippen molar-refractivity contribution in [2.24, 2.45) is 0 Å². The molecule has 22 heavy (non-hydrogen) atoms. The fourth-order valence-electron chi connectivity index (χ4n) is 1.97. The Kier molecular flexibility index (Phi) is 6.10. The van der Waals surface area contributed by atoms with E-state index < -0.39 is 0 Å². The Morgan fingerprint density at radius 3 is 2.32 bits per heavy atom.